The zero-order valence-electron chi connectivity index (χ0n) is 12.3. The predicted molar refractivity (Wildman–Crippen MR) is 85.0 cm³/mol. The summed E-state index contributed by atoms with van der Waals surface area (Å²) >= 11 is 1.18. The van der Waals surface area contributed by atoms with Crippen LogP contribution in [-0.2, 0) is 10.0 Å². The number of nitrogens with two attached hydrogens (primary N) is 1. The van der Waals surface area contributed by atoms with Crippen LogP contribution in [-0.4, -0.2) is 45.2 Å². The van der Waals surface area contributed by atoms with Crippen molar-refractivity contribution in [2.75, 3.05) is 36.9 Å². The second-order valence-electron chi connectivity index (χ2n) is 4.93. The summed E-state index contributed by atoms with van der Waals surface area (Å²) < 4.78 is 24.0. The zero-order valence-corrected chi connectivity index (χ0v) is 13.9. The number of nitrogens with one attached hydrogen (secondary N) is 3. The van der Waals surface area contributed by atoms with E-state index in [-0.39, 0.29) is 24.8 Å². The van der Waals surface area contributed by atoms with Gasteiger partial charge in [-0.05, 0) is 5.92 Å². The third-order valence-electron chi connectivity index (χ3n) is 2.30. The van der Waals surface area contributed by atoms with Crippen molar-refractivity contribution in [1.29, 1.82) is 0 Å². The van der Waals surface area contributed by atoms with E-state index in [1.807, 2.05) is 0 Å². The zero-order chi connectivity index (χ0) is 16.0. The lowest BCUT2D eigenvalue weighted by Gasteiger charge is -2.05. The first-order valence-corrected chi connectivity index (χ1v) is 9.13. The molecule has 21 heavy (non-hydrogen) atoms. The van der Waals surface area contributed by atoms with Gasteiger partial charge in [0.2, 0.25) is 10.0 Å². The van der Waals surface area contributed by atoms with Crippen LogP contribution in [0.25, 0.3) is 0 Å². The Hall–Kier alpha value is -1.39. The number of thiazole rings is 1. The van der Waals surface area contributed by atoms with Gasteiger partial charge in [-0.25, -0.2) is 18.1 Å². The van der Waals surface area contributed by atoms with Crippen LogP contribution in [0.15, 0.2) is 0 Å². The van der Waals surface area contributed by atoms with E-state index in [0.717, 1.165) is 12.8 Å². The van der Waals surface area contributed by atoms with Gasteiger partial charge in [0, 0.05) is 19.6 Å². The highest BCUT2D eigenvalue weighted by Gasteiger charge is 2.16. The number of amides is 1. The summed E-state index contributed by atoms with van der Waals surface area (Å²) in [6, 6.07) is 0. The number of sulfonamides is 1. The van der Waals surface area contributed by atoms with Crippen molar-refractivity contribution in [3.05, 3.63) is 4.88 Å². The van der Waals surface area contributed by atoms with Gasteiger partial charge in [-0.2, -0.15) is 0 Å². The number of carbonyl (C=O) groups is 1. The Morgan fingerprint density at radius 1 is 1.38 bits per heavy atom. The molecule has 1 rings (SSSR count). The molecule has 120 valence electrons. The van der Waals surface area contributed by atoms with Crippen molar-refractivity contribution in [1.82, 2.24) is 15.0 Å². The van der Waals surface area contributed by atoms with Gasteiger partial charge in [0.15, 0.2) is 5.13 Å². The normalized spacial score (nSPS) is 11.6. The highest BCUT2D eigenvalue weighted by atomic mass is 32.2. The Bertz CT molecular complexity index is 583. The lowest BCUT2D eigenvalue weighted by atomic mass is 10.2. The molecule has 5 N–H and O–H groups in total. The van der Waals surface area contributed by atoms with Crippen molar-refractivity contribution < 1.29 is 13.2 Å². The van der Waals surface area contributed by atoms with Gasteiger partial charge in [0.1, 0.15) is 10.7 Å². The number of nitrogen functional groups attached to an aromatic ring is 1. The number of rotatable bonds is 8. The average molecular weight is 335 g/mol. The number of aromatic nitrogens is 1. The Morgan fingerprint density at radius 3 is 2.62 bits per heavy atom. The van der Waals surface area contributed by atoms with Crippen molar-refractivity contribution in [3.8, 4) is 0 Å². The van der Waals surface area contributed by atoms with Gasteiger partial charge in [0.05, 0.1) is 6.26 Å². The molecule has 0 aliphatic heterocycles. The molecule has 0 aliphatic rings. The molecule has 0 saturated carbocycles. The highest BCUT2D eigenvalue weighted by Crippen LogP contribution is 2.24. The largest absolute Gasteiger partial charge is 0.382 e. The van der Waals surface area contributed by atoms with Gasteiger partial charge in [-0.3, -0.25) is 4.79 Å². The minimum atomic E-state index is -3.25. The number of carbonyl (C=O) groups excluding carboxylic acids is 1. The maximum Gasteiger partial charge on any atom is 0.265 e. The molecule has 0 saturated heterocycles. The summed E-state index contributed by atoms with van der Waals surface area (Å²) in [7, 11) is -3.25. The van der Waals surface area contributed by atoms with Crippen LogP contribution in [0.2, 0.25) is 0 Å². The summed E-state index contributed by atoms with van der Waals surface area (Å²) in [5, 5.41) is 6.29. The van der Waals surface area contributed by atoms with E-state index in [4.69, 9.17) is 5.73 Å². The summed E-state index contributed by atoms with van der Waals surface area (Å²) in [5.74, 6) is 0.257. The third-order valence-corrected chi connectivity index (χ3v) is 4.05. The van der Waals surface area contributed by atoms with Crippen LogP contribution in [0.4, 0.5) is 10.9 Å². The maximum atomic E-state index is 11.9. The highest BCUT2D eigenvalue weighted by molar-refractivity contribution is 7.88. The standard InChI is InChI=1S/C11H21N5O3S2/c1-7(2)6-14-11-16-9(12)8(20-11)10(17)13-4-5-15-21(3,18)19/h7,15H,4-6,12H2,1-3H3,(H,13,17)(H,14,16). The fourth-order valence-corrected chi connectivity index (χ4v) is 2.64. The molecule has 0 bridgehead atoms. The van der Waals surface area contributed by atoms with Gasteiger partial charge < -0.3 is 16.4 Å². The molecule has 0 unspecified atom stereocenters. The number of hydrogen-bond acceptors (Lipinski definition) is 7. The van der Waals surface area contributed by atoms with Crippen molar-refractivity contribution >= 4 is 38.2 Å². The predicted octanol–water partition coefficient (Wildman–Crippen LogP) is 0.0722. The van der Waals surface area contributed by atoms with Gasteiger partial charge in [-0.1, -0.05) is 25.2 Å². The Labute approximate surface area is 128 Å². The van der Waals surface area contributed by atoms with Crippen LogP contribution >= 0.6 is 11.3 Å². The molecule has 0 atom stereocenters. The first-order chi connectivity index (χ1) is 9.69. The van der Waals surface area contributed by atoms with E-state index < -0.39 is 10.0 Å². The van der Waals surface area contributed by atoms with E-state index >= 15 is 0 Å². The first kappa shape index (κ1) is 17.7. The van der Waals surface area contributed by atoms with Crippen LogP contribution in [0.5, 0.6) is 0 Å². The molecule has 1 amide bonds. The number of hydrogen-bond donors (Lipinski definition) is 4. The van der Waals surface area contributed by atoms with E-state index in [1.165, 1.54) is 11.3 Å². The molecule has 0 aliphatic carbocycles. The second-order valence-corrected chi connectivity index (χ2v) is 7.76. The molecule has 1 aromatic heterocycles. The molecular weight excluding hydrogens is 314 g/mol. The monoisotopic (exact) mass is 335 g/mol. The quantitative estimate of drug-likeness (QED) is 0.498. The molecule has 0 fully saturated rings. The molecule has 10 heteroatoms. The SMILES string of the molecule is CC(C)CNc1nc(N)c(C(=O)NCCNS(C)(=O)=O)s1. The van der Waals surface area contributed by atoms with E-state index in [0.29, 0.717) is 15.9 Å². The van der Waals surface area contributed by atoms with Crippen LogP contribution < -0.4 is 21.1 Å². The van der Waals surface area contributed by atoms with Crippen LogP contribution in [0.3, 0.4) is 0 Å². The third kappa shape index (κ3) is 6.74. The number of anilines is 2. The van der Waals surface area contributed by atoms with E-state index in [2.05, 4.69) is 34.2 Å². The minimum absolute atomic E-state index is 0.127. The molecule has 1 heterocycles. The minimum Gasteiger partial charge on any atom is -0.382 e. The smallest absolute Gasteiger partial charge is 0.265 e. The van der Waals surface area contributed by atoms with Crippen molar-refractivity contribution in [2.45, 2.75) is 13.8 Å². The van der Waals surface area contributed by atoms with E-state index in [1.54, 1.807) is 0 Å². The molecular formula is C11H21N5O3S2. The summed E-state index contributed by atoms with van der Waals surface area (Å²) in [4.78, 5) is 16.3. The molecule has 0 radical (unpaired) electrons. The molecule has 0 aromatic carbocycles. The van der Waals surface area contributed by atoms with Gasteiger partial charge in [0.25, 0.3) is 5.91 Å². The van der Waals surface area contributed by atoms with Gasteiger partial charge in [-0.15, -0.1) is 0 Å². The molecule has 8 nitrogen and oxygen atoms in total. The van der Waals surface area contributed by atoms with Crippen molar-refractivity contribution in [2.24, 2.45) is 5.92 Å². The second kappa shape index (κ2) is 7.57. The summed E-state index contributed by atoms with van der Waals surface area (Å²) in [6.45, 7) is 5.17. The van der Waals surface area contributed by atoms with Gasteiger partial charge >= 0.3 is 0 Å². The summed E-state index contributed by atoms with van der Waals surface area (Å²) in [6.07, 6.45) is 1.06. The Kier molecular flexibility index (Phi) is 6.37. The Morgan fingerprint density at radius 2 is 2.05 bits per heavy atom. The molecule has 1 aromatic rings. The Balaban J connectivity index is 2.50. The fourth-order valence-electron chi connectivity index (χ4n) is 1.35. The average Bonchev–Trinajstić information content (AvgIpc) is 2.72. The fraction of sp³-hybridized carbons (Fsp3) is 0.636. The lowest BCUT2D eigenvalue weighted by molar-refractivity contribution is 0.0959. The number of nitrogens with zero attached hydrogens (tertiary/aromatic N) is 1. The lowest BCUT2D eigenvalue weighted by Crippen LogP contribution is -2.34. The summed E-state index contributed by atoms with van der Waals surface area (Å²) in [5.41, 5.74) is 5.71. The van der Waals surface area contributed by atoms with Crippen molar-refractivity contribution in [3.63, 3.8) is 0 Å². The first-order valence-electron chi connectivity index (χ1n) is 6.42. The van der Waals surface area contributed by atoms with E-state index in [9.17, 15) is 13.2 Å². The van der Waals surface area contributed by atoms with Crippen LogP contribution in [0.1, 0.15) is 23.5 Å². The maximum absolute atomic E-state index is 11.9. The van der Waals surface area contributed by atoms with Crippen LogP contribution in [0, 0.1) is 5.92 Å². The topological polar surface area (TPSA) is 126 Å². The molecule has 0 spiro atoms.